The molecule has 0 aromatic rings. The van der Waals surface area contributed by atoms with Crippen molar-refractivity contribution in [3.63, 3.8) is 0 Å². The van der Waals surface area contributed by atoms with Gasteiger partial charge in [0.15, 0.2) is 0 Å². The van der Waals surface area contributed by atoms with E-state index < -0.39 is 5.92 Å². The first-order chi connectivity index (χ1) is 7.60. The molecule has 2 unspecified atom stereocenters. The van der Waals surface area contributed by atoms with Crippen LogP contribution in [-0.4, -0.2) is 47.9 Å². The summed E-state index contributed by atoms with van der Waals surface area (Å²) in [6, 6.07) is 2.59. The molecule has 0 spiro atoms. The minimum atomic E-state index is -0.504. The molecule has 2 atom stereocenters. The first kappa shape index (κ1) is 13.0. The molecule has 0 aliphatic carbocycles. The molecule has 4 heteroatoms. The summed E-state index contributed by atoms with van der Waals surface area (Å²) < 4.78 is 0. The molecule has 0 aromatic carbocycles. The van der Waals surface area contributed by atoms with Gasteiger partial charge >= 0.3 is 0 Å². The molecular weight excluding hydrogens is 202 g/mol. The molecule has 1 aliphatic rings. The van der Waals surface area contributed by atoms with Crippen LogP contribution in [-0.2, 0) is 4.79 Å². The monoisotopic (exact) mass is 223 g/mol. The highest BCUT2D eigenvalue weighted by Crippen LogP contribution is 2.11. The number of hydrogen-bond acceptors (Lipinski definition) is 3. The van der Waals surface area contributed by atoms with E-state index >= 15 is 0 Å². The lowest BCUT2D eigenvalue weighted by atomic mass is 10.1. The zero-order valence-corrected chi connectivity index (χ0v) is 10.4. The second-order valence-corrected chi connectivity index (χ2v) is 4.47. The summed E-state index contributed by atoms with van der Waals surface area (Å²) in [7, 11) is 0. The highest BCUT2D eigenvalue weighted by Gasteiger charge is 2.25. The Hall–Kier alpha value is -1.08. The van der Waals surface area contributed by atoms with E-state index in [1.807, 2.05) is 11.0 Å². The van der Waals surface area contributed by atoms with Crippen molar-refractivity contribution in [1.82, 2.24) is 9.80 Å². The summed E-state index contributed by atoms with van der Waals surface area (Å²) in [5.41, 5.74) is 0. The van der Waals surface area contributed by atoms with Gasteiger partial charge in [0.25, 0.3) is 0 Å². The fraction of sp³-hybridized carbons (Fsp3) is 0.833. The Bertz CT molecular complexity index is 276. The van der Waals surface area contributed by atoms with Crippen LogP contribution in [0.15, 0.2) is 0 Å². The number of piperazine rings is 1. The van der Waals surface area contributed by atoms with Crippen LogP contribution >= 0.6 is 0 Å². The Kier molecular flexibility index (Phi) is 4.75. The van der Waals surface area contributed by atoms with Gasteiger partial charge in [0.2, 0.25) is 5.91 Å². The zero-order valence-electron chi connectivity index (χ0n) is 10.4. The smallest absolute Gasteiger partial charge is 0.239 e. The average molecular weight is 223 g/mol. The first-order valence-electron chi connectivity index (χ1n) is 6.02. The number of rotatable bonds is 3. The minimum Gasteiger partial charge on any atom is -0.339 e. The molecule has 16 heavy (non-hydrogen) atoms. The predicted molar refractivity (Wildman–Crippen MR) is 62.7 cm³/mol. The summed E-state index contributed by atoms with van der Waals surface area (Å²) in [6.45, 7) is 9.45. The fourth-order valence-electron chi connectivity index (χ4n) is 1.97. The summed E-state index contributed by atoms with van der Waals surface area (Å²) in [5.74, 6) is -0.526. The molecule has 4 nitrogen and oxygen atoms in total. The zero-order chi connectivity index (χ0) is 12.1. The van der Waals surface area contributed by atoms with Gasteiger partial charge < -0.3 is 4.90 Å². The van der Waals surface area contributed by atoms with Crippen LogP contribution in [0.3, 0.4) is 0 Å². The van der Waals surface area contributed by atoms with Crippen LogP contribution < -0.4 is 0 Å². The van der Waals surface area contributed by atoms with E-state index in [0.29, 0.717) is 6.04 Å². The molecule has 1 fully saturated rings. The van der Waals surface area contributed by atoms with Gasteiger partial charge in [-0.1, -0.05) is 6.92 Å². The SMILES string of the molecule is CCC(C)N1CCN(C(=O)C(C)C#N)CC1. The predicted octanol–water partition coefficient (Wildman–Crippen LogP) is 1.09. The second kappa shape index (κ2) is 5.86. The topological polar surface area (TPSA) is 47.3 Å². The fourth-order valence-corrected chi connectivity index (χ4v) is 1.97. The van der Waals surface area contributed by atoms with Crippen molar-refractivity contribution < 1.29 is 4.79 Å². The Morgan fingerprint density at radius 3 is 2.31 bits per heavy atom. The molecule has 1 heterocycles. The third-order valence-corrected chi connectivity index (χ3v) is 3.40. The van der Waals surface area contributed by atoms with Crippen molar-refractivity contribution in [2.75, 3.05) is 26.2 Å². The normalized spacial score (nSPS) is 21.2. The van der Waals surface area contributed by atoms with E-state index in [9.17, 15) is 4.79 Å². The van der Waals surface area contributed by atoms with Crippen molar-refractivity contribution in [1.29, 1.82) is 5.26 Å². The Balaban J connectivity index is 2.43. The maximum atomic E-state index is 11.8. The van der Waals surface area contributed by atoms with Crippen molar-refractivity contribution in [3.8, 4) is 6.07 Å². The van der Waals surface area contributed by atoms with Crippen molar-refractivity contribution in [2.45, 2.75) is 33.2 Å². The van der Waals surface area contributed by atoms with Gasteiger partial charge in [-0.3, -0.25) is 9.69 Å². The average Bonchev–Trinajstić information content (AvgIpc) is 2.36. The van der Waals surface area contributed by atoms with E-state index in [0.717, 1.165) is 32.6 Å². The maximum Gasteiger partial charge on any atom is 0.239 e. The second-order valence-electron chi connectivity index (χ2n) is 4.47. The van der Waals surface area contributed by atoms with Crippen LogP contribution in [0.1, 0.15) is 27.2 Å². The summed E-state index contributed by atoms with van der Waals surface area (Å²) in [5, 5.41) is 8.71. The molecule has 0 bridgehead atoms. The lowest BCUT2D eigenvalue weighted by Crippen LogP contribution is -2.52. The number of amides is 1. The van der Waals surface area contributed by atoms with Crippen LogP contribution in [0.5, 0.6) is 0 Å². The third-order valence-electron chi connectivity index (χ3n) is 3.40. The number of nitrogens with zero attached hydrogens (tertiary/aromatic N) is 3. The van der Waals surface area contributed by atoms with Gasteiger partial charge in [0, 0.05) is 32.2 Å². The molecule has 0 aromatic heterocycles. The molecule has 0 saturated carbocycles. The summed E-state index contributed by atoms with van der Waals surface area (Å²) in [6.07, 6.45) is 1.14. The van der Waals surface area contributed by atoms with Gasteiger partial charge in [-0.2, -0.15) is 5.26 Å². The van der Waals surface area contributed by atoms with E-state index in [1.54, 1.807) is 6.92 Å². The lowest BCUT2D eigenvalue weighted by molar-refractivity contribution is -0.135. The molecule has 0 radical (unpaired) electrons. The molecular formula is C12H21N3O. The summed E-state index contributed by atoms with van der Waals surface area (Å²) >= 11 is 0. The molecule has 90 valence electrons. The van der Waals surface area contributed by atoms with Crippen molar-refractivity contribution in [3.05, 3.63) is 0 Å². The van der Waals surface area contributed by atoms with Gasteiger partial charge in [-0.15, -0.1) is 0 Å². The van der Waals surface area contributed by atoms with Crippen LogP contribution in [0.25, 0.3) is 0 Å². The van der Waals surface area contributed by atoms with Crippen molar-refractivity contribution >= 4 is 5.91 Å². The number of nitriles is 1. The molecule has 1 saturated heterocycles. The third kappa shape index (κ3) is 2.96. The molecule has 1 aliphatic heterocycles. The number of carbonyl (C=O) groups excluding carboxylic acids is 1. The van der Waals surface area contributed by atoms with Crippen LogP contribution in [0.4, 0.5) is 0 Å². The molecule has 1 rings (SSSR count). The molecule has 1 amide bonds. The van der Waals surface area contributed by atoms with Gasteiger partial charge in [0.05, 0.1) is 6.07 Å². The van der Waals surface area contributed by atoms with Crippen molar-refractivity contribution in [2.24, 2.45) is 5.92 Å². The Morgan fingerprint density at radius 2 is 1.88 bits per heavy atom. The first-order valence-corrected chi connectivity index (χ1v) is 6.02. The highest BCUT2D eigenvalue weighted by molar-refractivity contribution is 5.80. The van der Waals surface area contributed by atoms with E-state index in [1.165, 1.54) is 0 Å². The van der Waals surface area contributed by atoms with Crippen LogP contribution in [0.2, 0.25) is 0 Å². The van der Waals surface area contributed by atoms with E-state index in [4.69, 9.17) is 5.26 Å². The Labute approximate surface area is 97.8 Å². The quantitative estimate of drug-likeness (QED) is 0.719. The van der Waals surface area contributed by atoms with Gasteiger partial charge in [0.1, 0.15) is 5.92 Å². The van der Waals surface area contributed by atoms with E-state index in [2.05, 4.69) is 18.7 Å². The van der Waals surface area contributed by atoms with E-state index in [-0.39, 0.29) is 5.91 Å². The largest absolute Gasteiger partial charge is 0.339 e. The number of hydrogen-bond donors (Lipinski definition) is 0. The maximum absolute atomic E-state index is 11.8. The van der Waals surface area contributed by atoms with Crippen LogP contribution in [0, 0.1) is 17.2 Å². The number of carbonyl (C=O) groups is 1. The minimum absolute atomic E-state index is 0.0219. The summed E-state index contributed by atoms with van der Waals surface area (Å²) in [4.78, 5) is 16.0. The standard InChI is InChI=1S/C12H21N3O/c1-4-11(3)14-5-7-15(8-6-14)12(16)10(2)9-13/h10-11H,4-8H2,1-3H3. The molecule has 0 N–H and O–H groups in total. The highest BCUT2D eigenvalue weighted by atomic mass is 16.2. The lowest BCUT2D eigenvalue weighted by Gasteiger charge is -2.38. The van der Waals surface area contributed by atoms with Gasteiger partial charge in [-0.25, -0.2) is 0 Å². The Morgan fingerprint density at radius 1 is 1.31 bits per heavy atom. The van der Waals surface area contributed by atoms with Gasteiger partial charge in [-0.05, 0) is 20.3 Å².